The Balaban J connectivity index is 1.99. The van der Waals surface area contributed by atoms with Crippen LogP contribution in [-0.2, 0) is 17.6 Å². The minimum absolute atomic E-state index is 0.301. The Morgan fingerprint density at radius 1 is 1.00 bits per heavy atom. The molecule has 0 heterocycles. The fourth-order valence-corrected chi connectivity index (χ4v) is 3.62. The van der Waals surface area contributed by atoms with E-state index in [1.807, 2.05) is 6.07 Å². The minimum Gasteiger partial charge on any atom is -0.549 e. The fraction of sp³-hybridized carbons (Fsp3) is 0.235. The molecule has 1 aliphatic carbocycles. The van der Waals surface area contributed by atoms with E-state index < -0.39 is 10.8 Å². The molecule has 21 heavy (non-hydrogen) atoms. The van der Waals surface area contributed by atoms with Crippen molar-refractivity contribution in [1.29, 1.82) is 0 Å². The van der Waals surface area contributed by atoms with Crippen molar-refractivity contribution < 1.29 is 9.90 Å². The number of aryl methyl sites for hydroxylation is 2. The highest BCUT2D eigenvalue weighted by atomic mass is 79.9. The lowest BCUT2D eigenvalue weighted by Crippen LogP contribution is -2.34. The zero-order valence-corrected chi connectivity index (χ0v) is 14.4. The Morgan fingerprint density at radius 3 is 2.43 bits per heavy atom. The van der Waals surface area contributed by atoms with Gasteiger partial charge in [-0.25, -0.2) is 0 Å². The molecule has 0 spiro atoms. The lowest BCUT2D eigenvalue weighted by atomic mass is 9.84. The van der Waals surface area contributed by atoms with Gasteiger partial charge in [-0.3, -0.25) is 0 Å². The molecule has 108 valence electrons. The van der Waals surface area contributed by atoms with Crippen LogP contribution < -0.4 is 5.11 Å². The topological polar surface area (TPSA) is 40.1 Å². The molecule has 2 unspecified atom stereocenters. The van der Waals surface area contributed by atoms with Crippen LogP contribution in [0.15, 0.2) is 42.5 Å². The quantitative estimate of drug-likeness (QED) is 0.730. The number of benzene rings is 2. The molecule has 0 aliphatic heterocycles. The van der Waals surface area contributed by atoms with Crippen molar-refractivity contribution >= 4 is 37.8 Å². The highest BCUT2D eigenvalue weighted by molar-refractivity contribution is 9.12. The van der Waals surface area contributed by atoms with E-state index in [4.69, 9.17) is 0 Å². The van der Waals surface area contributed by atoms with Gasteiger partial charge in [0.15, 0.2) is 0 Å². The van der Waals surface area contributed by atoms with Crippen LogP contribution in [0.3, 0.4) is 0 Å². The van der Waals surface area contributed by atoms with E-state index in [2.05, 4.69) is 68.3 Å². The fourth-order valence-electron chi connectivity index (χ4n) is 2.81. The third-order valence-corrected chi connectivity index (χ3v) is 6.57. The number of aliphatic carboxylic acids is 1. The molecular formula is C17H13Br2O2-. The molecule has 0 bridgehead atoms. The standard InChI is InChI=1S/C17H14Br2O2/c18-15(16(19)17(20)21)12-7-8-14-11(9-12)6-5-10-3-1-2-4-13(10)14/h1-4,7-9,15-16H,5-6H2,(H,20,21)/p-1. The van der Waals surface area contributed by atoms with Gasteiger partial charge in [-0.2, -0.15) is 0 Å². The molecule has 2 nitrogen and oxygen atoms in total. The highest BCUT2D eigenvalue weighted by Crippen LogP contribution is 2.37. The molecule has 2 aromatic rings. The first-order valence-electron chi connectivity index (χ1n) is 6.78. The molecular weight excluding hydrogens is 396 g/mol. The monoisotopic (exact) mass is 407 g/mol. The summed E-state index contributed by atoms with van der Waals surface area (Å²) in [5.41, 5.74) is 6.14. The SMILES string of the molecule is O=C([O-])C(Br)C(Br)c1ccc2c(c1)CCc1ccccc1-2. The van der Waals surface area contributed by atoms with Crippen LogP contribution in [0.25, 0.3) is 11.1 Å². The number of rotatable bonds is 3. The summed E-state index contributed by atoms with van der Waals surface area (Å²) in [6.45, 7) is 0. The Hall–Kier alpha value is -1.13. The van der Waals surface area contributed by atoms with Crippen molar-refractivity contribution in [3.63, 3.8) is 0 Å². The maximum Gasteiger partial charge on any atom is 0.0707 e. The second-order valence-corrected chi connectivity index (χ2v) is 7.17. The number of halogens is 2. The molecule has 4 heteroatoms. The van der Waals surface area contributed by atoms with E-state index in [0.717, 1.165) is 18.4 Å². The molecule has 0 radical (unpaired) electrons. The number of carboxylic acids is 1. The lowest BCUT2D eigenvalue weighted by molar-refractivity contribution is -0.304. The summed E-state index contributed by atoms with van der Waals surface area (Å²) < 4.78 is 0. The van der Waals surface area contributed by atoms with Crippen molar-refractivity contribution in [2.75, 3.05) is 0 Å². The molecule has 3 rings (SSSR count). The van der Waals surface area contributed by atoms with Gasteiger partial charge >= 0.3 is 0 Å². The average molecular weight is 409 g/mol. The molecule has 0 saturated heterocycles. The highest BCUT2D eigenvalue weighted by Gasteiger charge is 2.22. The van der Waals surface area contributed by atoms with Gasteiger partial charge in [-0.15, -0.1) is 0 Å². The minimum atomic E-state index is -1.11. The maximum atomic E-state index is 11.0. The van der Waals surface area contributed by atoms with Gasteiger partial charge in [0.2, 0.25) is 0 Å². The van der Waals surface area contributed by atoms with E-state index in [0.29, 0.717) is 0 Å². The predicted octanol–water partition coefficient (Wildman–Crippen LogP) is 3.40. The maximum absolute atomic E-state index is 11.0. The van der Waals surface area contributed by atoms with Gasteiger partial charge in [0.05, 0.1) is 15.6 Å². The average Bonchev–Trinajstić information content (AvgIpc) is 2.52. The first-order chi connectivity index (χ1) is 10.1. The van der Waals surface area contributed by atoms with Crippen molar-refractivity contribution in [2.24, 2.45) is 0 Å². The summed E-state index contributed by atoms with van der Waals surface area (Å²) in [4.78, 5) is 9.93. The van der Waals surface area contributed by atoms with Crippen molar-refractivity contribution in [2.45, 2.75) is 22.5 Å². The van der Waals surface area contributed by atoms with Crippen LogP contribution in [-0.4, -0.2) is 10.8 Å². The third kappa shape index (κ3) is 2.79. The summed E-state index contributed by atoms with van der Waals surface area (Å²) in [6.07, 6.45) is 2.01. The molecule has 1 aliphatic rings. The summed E-state index contributed by atoms with van der Waals surface area (Å²) >= 11 is 6.60. The van der Waals surface area contributed by atoms with Crippen LogP contribution in [0, 0.1) is 0 Å². The number of carbonyl (C=O) groups excluding carboxylic acids is 1. The molecule has 2 aromatic carbocycles. The summed E-state index contributed by atoms with van der Waals surface area (Å²) in [7, 11) is 0. The summed E-state index contributed by atoms with van der Waals surface area (Å²) in [5.74, 6) is -1.11. The summed E-state index contributed by atoms with van der Waals surface area (Å²) in [5, 5.41) is 11.0. The molecule has 0 amide bonds. The number of fused-ring (bicyclic) bond motifs is 3. The number of carbonyl (C=O) groups is 1. The van der Waals surface area contributed by atoms with Crippen molar-refractivity contribution in [3.8, 4) is 11.1 Å². The molecule has 2 atom stereocenters. The zero-order chi connectivity index (χ0) is 15.0. The first kappa shape index (κ1) is 14.8. The largest absolute Gasteiger partial charge is 0.549 e. The normalized spacial score (nSPS) is 15.7. The Kier molecular flexibility index (Phi) is 4.18. The van der Waals surface area contributed by atoms with E-state index in [-0.39, 0.29) is 4.83 Å². The van der Waals surface area contributed by atoms with Gasteiger partial charge in [-0.1, -0.05) is 74.3 Å². The van der Waals surface area contributed by atoms with E-state index in [1.165, 1.54) is 22.3 Å². The van der Waals surface area contributed by atoms with Gasteiger partial charge < -0.3 is 9.90 Å². The van der Waals surface area contributed by atoms with E-state index in [1.54, 1.807) is 0 Å². The Morgan fingerprint density at radius 2 is 1.67 bits per heavy atom. The van der Waals surface area contributed by atoms with Gasteiger partial charge in [0.25, 0.3) is 0 Å². The first-order valence-corrected chi connectivity index (χ1v) is 8.61. The number of carboxylic acid groups (broad SMARTS) is 1. The smallest absolute Gasteiger partial charge is 0.0707 e. The molecule has 0 saturated carbocycles. The zero-order valence-electron chi connectivity index (χ0n) is 11.2. The van der Waals surface area contributed by atoms with Crippen LogP contribution in [0.4, 0.5) is 0 Å². The van der Waals surface area contributed by atoms with Crippen LogP contribution in [0.1, 0.15) is 21.5 Å². The molecule has 0 N–H and O–H groups in total. The molecule has 0 fully saturated rings. The molecule has 0 aromatic heterocycles. The van der Waals surface area contributed by atoms with Gasteiger partial charge in [0.1, 0.15) is 0 Å². The number of hydrogen-bond donors (Lipinski definition) is 0. The van der Waals surface area contributed by atoms with E-state index >= 15 is 0 Å². The Bertz CT molecular complexity index is 697. The second kappa shape index (κ2) is 5.93. The van der Waals surface area contributed by atoms with Crippen LogP contribution >= 0.6 is 31.9 Å². The Labute approximate surface area is 140 Å². The second-order valence-electron chi connectivity index (χ2n) is 5.20. The van der Waals surface area contributed by atoms with Crippen LogP contribution in [0.5, 0.6) is 0 Å². The van der Waals surface area contributed by atoms with Crippen molar-refractivity contribution in [3.05, 3.63) is 59.2 Å². The number of hydrogen-bond acceptors (Lipinski definition) is 2. The lowest BCUT2D eigenvalue weighted by Gasteiger charge is -2.23. The third-order valence-electron chi connectivity index (χ3n) is 3.90. The van der Waals surface area contributed by atoms with Crippen LogP contribution in [0.2, 0.25) is 0 Å². The number of alkyl halides is 2. The van der Waals surface area contributed by atoms with Gasteiger partial charge in [-0.05, 0) is 40.7 Å². The van der Waals surface area contributed by atoms with E-state index in [9.17, 15) is 9.90 Å². The summed E-state index contributed by atoms with van der Waals surface area (Å²) in [6, 6.07) is 14.6. The van der Waals surface area contributed by atoms with Gasteiger partial charge in [0, 0.05) is 0 Å². The van der Waals surface area contributed by atoms with Crippen molar-refractivity contribution in [1.82, 2.24) is 0 Å². The predicted molar refractivity (Wildman–Crippen MR) is 88.7 cm³/mol.